The van der Waals surface area contributed by atoms with Crippen molar-refractivity contribution in [1.82, 2.24) is 4.90 Å². The van der Waals surface area contributed by atoms with Crippen LogP contribution in [-0.4, -0.2) is 39.6 Å². The Morgan fingerprint density at radius 1 is 1.10 bits per heavy atom. The van der Waals surface area contributed by atoms with Gasteiger partial charge in [-0.3, -0.25) is 4.90 Å². The van der Waals surface area contributed by atoms with Crippen LogP contribution >= 0.6 is 0 Å². The predicted molar refractivity (Wildman–Crippen MR) is 41.4 cm³/mol. The van der Waals surface area contributed by atoms with Gasteiger partial charge in [0.05, 0.1) is 0 Å². The van der Waals surface area contributed by atoms with E-state index in [0.29, 0.717) is 0 Å². The standard InChI is InChI=1S/C5H13NO2.C2H2/c1-6(2)5(7-3)8-4;1-2/h5H,1-4H3;1-2H. The van der Waals surface area contributed by atoms with Crippen LogP contribution in [0.4, 0.5) is 0 Å². The molecular formula is C7H15NO2. The second-order valence-electron chi connectivity index (χ2n) is 1.74. The van der Waals surface area contributed by atoms with Gasteiger partial charge in [0.2, 0.25) is 6.41 Å². The van der Waals surface area contributed by atoms with Crippen LogP contribution in [0.15, 0.2) is 0 Å². The molecule has 0 radical (unpaired) electrons. The van der Waals surface area contributed by atoms with Crippen LogP contribution in [0.1, 0.15) is 0 Å². The molecule has 0 aliphatic carbocycles. The molecule has 10 heavy (non-hydrogen) atoms. The average molecular weight is 145 g/mol. The minimum atomic E-state index is -0.213. The zero-order valence-electron chi connectivity index (χ0n) is 7.00. The molecule has 0 heterocycles. The van der Waals surface area contributed by atoms with E-state index < -0.39 is 0 Å². The van der Waals surface area contributed by atoms with E-state index in [9.17, 15) is 0 Å². The van der Waals surface area contributed by atoms with Gasteiger partial charge in [0.1, 0.15) is 0 Å². The van der Waals surface area contributed by atoms with Crippen LogP contribution in [0.3, 0.4) is 0 Å². The molecule has 0 aliphatic rings. The van der Waals surface area contributed by atoms with E-state index in [4.69, 9.17) is 9.47 Å². The number of hydrogen-bond acceptors (Lipinski definition) is 3. The molecule has 0 unspecified atom stereocenters. The summed E-state index contributed by atoms with van der Waals surface area (Å²) in [6.07, 6.45) is 7.79. The van der Waals surface area contributed by atoms with Crippen molar-refractivity contribution in [1.29, 1.82) is 0 Å². The summed E-state index contributed by atoms with van der Waals surface area (Å²) in [5.41, 5.74) is 0. The lowest BCUT2D eigenvalue weighted by Gasteiger charge is -2.19. The van der Waals surface area contributed by atoms with E-state index in [0.717, 1.165) is 0 Å². The second-order valence-corrected chi connectivity index (χ2v) is 1.74. The topological polar surface area (TPSA) is 21.7 Å². The molecule has 0 saturated carbocycles. The lowest BCUT2D eigenvalue weighted by atomic mass is 10.9. The third-order valence-electron chi connectivity index (χ3n) is 0.825. The van der Waals surface area contributed by atoms with E-state index in [1.165, 1.54) is 0 Å². The number of nitrogens with zero attached hydrogens (tertiary/aromatic N) is 1. The monoisotopic (exact) mass is 145 g/mol. The molecule has 0 bridgehead atoms. The molecular weight excluding hydrogens is 130 g/mol. The first kappa shape index (κ1) is 12.1. The van der Waals surface area contributed by atoms with E-state index in [1.54, 1.807) is 14.2 Å². The van der Waals surface area contributed by atoms with Gasteiger partial charge in [0.15, 0.2) is 0 Å². The van der Waals surface area contributed by atoms with Gasteiger partial charge in [-0.2, -0.15) is 0 Å². The van der Waals surface area contributed by atoms with E-state index in [-0.39, 0.29) is 6.41 Å². The smallest absolute Gasteiger partial charge is 0.217 e. The summed E-state index contributed by atoms with van der Waals surface area (Å²) in [6.45, 7) is 0. The normalized spacial score (nSPS) is 9.20. The third kappa shape index (κ3) is 5.57. The van der Waals surface area contributed by atoms with Crippen LogP contribution in [0.2, 0.25) is 0 Å². The number of methoxy groups -OCH3 is 2. The third-order valence-corrected chi connectivity index (χ3v) is 0.825. The van der Waals surface area contributed by atoms with Crippen LogP contribution in [0.5, 0.6) is 0 Å². The summed E-state index contributed by atoms with van der Waals surface area (Å²) in [4.78, 5) is 1.83. The molecule has 0 aromatic heterocycles. The van der Waals surface area contributed by atoms with Gasteiger partial charge in [-0.1, -0.05) is 0 Å². The Morgan fingerprint density at radius 2 is 1.40 bits per heavy atom. The highest BCUT2D eigenvalue weighted by atomic mass is 16.7. The Hall–Kier alpha value is -0.560. The largest absolute Gasteiger partial charge is 0.343 e. The minimum absolute atomic E-state index is 0.213. The summed E-state index contributed by atoms with van der Waals surface area (Å²) >= 11 is 0. The molecule has 0 fully saturated rings. The highest BCUT2D eigenvalue weighted by molar-refractivity contribution is 4.47. The maximum atomic E-state index is 4.86. The first-order valence-corrected chi connectivity index (χ1v) is 2.77. The summed E-state index contributed by atoms with van der Waals surface area (Å²) in [5, 5.41) is 0. The Labute approximate surface area is 62.9 Å². The van der Waals surface area contributed by atoms with Crippen molar-refractivity contribution >= 4 is 0 Å². The molecule has 0 saturated heterocycles. The lowest BCUT2D eigenvalue weighted by molar-refractivity contribution is -0.179. The molecule has 0 spiro atoms. The van der Waals surface area contributed by atoms with Crippen LogP contribution in [-0.2, 0) is 9.47 Å². The first-order chi connectivity index (χ1) is 4.72. The molecule has 60 valence electrons. The zero-order valence-corrected chi connectivity index (χ0v) is 7.00. The van der Waals surface area contributed by atoms with Gasteiger partial charge in [-0.05, 0) is 14.1 Å². The van der Waals surface area contributed by atoms with Gasteiger partial charge in [0.25, 0.3) is 0 Å². The first-order valence-electron chi connectivity index (χ1n) is 2.77. The molecule has 3 nitrogen and oxygen atoms in total. The molecule has 3 heteroatoms. The van der Waals surface area contributed by atoms with Crippen molar-refractivity contribution in [2.75, 3.05) is 28.3 Å². The SMILES string of the molecule is C#C.COC(OC)N(C)C. The molecule has 0 aliphatic heterocycles. The number of hydrogen-bond donors (Lipinski definition) is 0. The van der Waals surface area contributed by atoms with Gasteiger partial charge in [-0.15, -0.1) is 12.8 Å². The van der Waals surface area contributed by atoms with E-state index in [1.807, 2.05) is 19.0 Å². The highest BCUT2D eigenvalue weighted by Gasteiger charge is 2.04. The van der Waals surface area contributed by atoms with Gasteiger partial charge in [0, 0.05) is 14.2 Å². The number of ether oxygens (including phenoxy) is 2. The second kappa shape index (κ2) is 8.44. The van der Waals surface area contributed by atoms with Crippen molar-refractivity contribution < 1.29 is 9.47 Å². The fourth-order valence-corrected chi connectivity index (χ4v) is 0.518. The van der Waals surface area contributed by atoms with Crippen molar-refractivity contribution in [3.8, 4) is 12.8 Å². The molecule has 0 atom stereocenters. The fourth-order valence-electron chi connectivity index (χ4n) is 0.518. The Balaban J connectivity index is 0. The Kier molecular flexibility index (Phi) is 10.3. The van der Waals surface area contributed by atoms with E-state index >= 15 is 0 Å². The average Bonchev–Trinajstić information content (AvgIpc) is 1.94. The predicted octanol–water partition coefficient (Wildman–Crippen LogP) is 0.374. The van der Waals surface area contributed by atoms with Gasteiger partial charge >= 0.3 is 0 Å². The minimum Gasteiger partial charge on any atom is -0.343 e. The lowest BCUT2D eigenvalue weighted by Crippen LogP contribution is -2.30. The summed E-state index contributed by atoms with van der Waals surface area (Å²) in [6, 6.07) is 0. The number of terminal acetylenes is 1. The maximum Gasteiger partial charge on any atom is 0.217 e. The molecule has 0 N–H and O–H groups in total. The fraction of sp³-hybridized carbons (Fsp3) is 0.714. The van der Waals surface area contributed by atoms with Crippen molar-refractivity contribution in [3.05, 3.63) is 0 Å². The van der Waals surface area contributed by atoms with Crippen molar-refractivity contribution in [2.24, 2.45) is 0 Å². The quantitative estimate of drug-likeness (QED) is 0.423. The molecule has 0 aromatic carbocycles. The Bertz CT molecular complexity index is 76.9. The maximum absolute atomic E-state index is 4.86. The summed E-state index contributed by atoms with van der Waals surface area (Å²) in [7, 11) is 6.98. The zero-order chi connectivity index (χ0) is 8.57. The van der Waals surface area contributed by atoms with Crippen molar-refractivity contribution in [2.45, 2.75) is 6.41 Å². The van der Waals surface area contributed by atoms with Crippen LogP contribution < -0.4 is 0 Å². The van der Waals surface area contributed by atoms with Crippen LogP contribution in [0.25, 0.3) is 0 Å². The van der Waals surface area contributed by atoms with Crippen LogP contribution in [0, 0.1) is 12.8 Å². The Morgan fingerprint density at radius 3 is 1.40 bits per heavy atom. The molecule has 0 rings (SSSR count). The summed E-state index contributed by atoms with van der Waals surface area (Å²) < 4.78 is 9.73. The van der Waals surface area contributed by atoms with Gasteiger partial charge in [-0.25, -0.2) is 0 Å². The van der Waals surface area contributed by atoms with E-state index in [2.05, 4.69) is 12.8 Å². The van der Waals surface area contributed by atoms with Crippen molar-refractivity contribution in [3.63, 3.8) is 0 Å². The molecule has 0 amide bonds. The summed E-state index contributed by atoms with van der Waals surface area (Å²) in [5.74, 6) is 0. The number of rotatable bonds is 3. The highest BCUT2D eigenvalue weighted by Crippen LogP contribution is 1.91. The van der Waals surface area contributed by atoms with Gasteiger partial charge < -0.3 is 9.47 Å². The molecule has 0 aromatic rings.